The summed E-state index contributed by atoms with van der Waals surface area (Å²) in [6.45, 7) is 4.63. The lowest BCUT2D eigenvalue weighted by molar-refractivity contribution is 0.102. The fraction of sp³-hybridized carbons (Fsp3) is 0.143. The van der Waals surface area contributed by atoms with Crippen molar-refractivity contribution < 1.29 is 4.79 Å². The Bertz CT molecular complexity index is 1010. The summed E-state index contributed by atoms with van der Waals surface area (Å²) in [5.74, 6) is 1.90. The van der Waals surface area contributed by atoms with Gasteiger partial charge in [0, 0.05) is 29.5 Å². The molecule has 1 aromatic heterocycles. The third kappa shape index (κ3) is 4.83. The van der Waals surface area contributed by atoms with E-state index in [1.165, 1.54) is 0 Å². The molecule has 3 rings (SSSR count). The first kappa shape index (κ1) is 18.9. The smallest absolute Gasteiger partial charge is 0.255 e. The van der Waals surface area contributed by atoms with Gasteiger partial charge in [0.15, 0.2) is 0 Å². The standard InChI is InChI=1S/C21H20N6O/c1-3-23-19-12-20(25-14(2)24-19)26-17-8-10-18(11-9-17)27-21(28)16-6-4-15(13-22)5-7-16/h4-12H,3H2,1-2H3,(H,27,28)(H2,23,24,25,26). The van der Waals surface area contributed by atoms with Crippen LogP contribution >= 0.6 is 0 Å². The van der Waals surface area contributed by atoms with Crippen LogP contribution < -0.4 is 16.0 Å². The molecule has 0 saturated carbocycles. The molecule has 0 atom stereocenters. The molecule has 1 heterocycles. The van der Waals surface area contributed by atoms with Gasteiger partial charge >= 0.3 is 0 Å². The maximum absolute atomic E-state index is 12.3. The van der Waals surface area contributed by atoms with Crippen molar-refractivity contribution in [2.45, 2.75) is 13.8 Å². The van der Waals surface area contributed by atoms with Gasteiger partial charge in [-0.2, -0.15) is 5.26 Å². The van der Waals surface area contributed by atoms with Crippen LogP contribution in [0.15, 0.2) is 54.6 Å². The predicted molar refractivity (Wildman–Crippen MR) is 110 cm³/mol. The number of amides is 1. The summed E-state index contributed by atoms with van der Waals surface area (Å²) in [6.07, 6.45) is 0. The summed E-state index contributed by atoms with van der Waals surface area (Å²) in [4.78, 5) is 21.0. The highest BCUT2D eigenvalue weighted by Crippen LogP contribution is 2.20. The van der Waals surface area contributed by atoms with E-state index in [9.17, 15) is 4.79 Å². The van der Waals surface area contributed by atoms with Gasteiger partial charge in [-0.3, -0.25) is 4.79 Å². The molecule has 0 fully saturated rings. The van der Waals surface area contributed by atoms with Crippen LogP contribution in [-0.2, 0) is 0 Å². The van der Waals surface area contributed by atoms with Crippen LogP contribution in [0.3, 0.4) is 0 Å². The third-order valence-electron chi connectivity index (χ3n) is 3.89. The van der Waals surface area contributed by atoms with Crippen molar-refractivity contribution in [3.05, 3.63) is 71.5 Å². The summed E-state index contributed by atoms with van der Waals surface area (Å²) >= 11 is 0. The molecular formula is C21H20N6O. The van der Waals surface area contributed by atoms with Crippen molar-refractivity contribution in [3.63, 3.8) is 0 Å². The summed E-state index contributed by atoms with van der Waals surface area (Å²) in [6, 6.07) is 17.7. The molecule has 0 bridgehead atoms. The zero-order valence-electron chi connectivity index (χ0n) is 15.7. The second kappa shape index (κ2) is 8.64. The fourth-order valence-electron chi connectivity index (χ4n) is 2.59. The second-order valence-electron chi connectivity index (χ2n) is 6.06. The van der Waals surface area contributed by atoms with Gasteiger partial charge in [-0.1, -0.05) is 0 Å². The molecule has 3 aromatic rings. The number of carbonyl (C=O) groups is 1. The Hall–Kier alpha value is -3.92. The number of aromatic nitrogens is 2. The predicted octanol–water partition coefficient (Wildman–Crippen LogP) is 4.08. The number of anilines is 4. The lowest BCUT2D eigenvalue weighted by Gasteiger charge is -2.10. The van der Waals surface area contributed by atoms with Crippen molar-refractivity contribution in [1.29, 1.82) is 5.26 Å². The third-order valence-corrected chi connectivity index (χ3v) is 3.89. The highest BCUT2D eigenvalue weighted by molar-refractivity contribution is 6.04. The van der Waals surface area contributed by atoms with E-state index in [0.717, 1.165) is 18.1 Å². The molecule has 2 aromatic carbocycles. The number of nitrogens with zero attached hydrogens (tertiary/aromatic N) is 3. The van der Waals surface area contributed by atoms with Crippen LogP contribution in [0, 0.1) is 18.3 Å². The molecule has 28 heavy (non-hydrogen) atoms. The molecule has 7 nitrogen and oxygen atoms in total. The zero-order chi connectivity index (χ0) is 19.9. The zero-order valence-corrected chi connectivity index (χ0v) is 15.7. The van der Waals surface area contributed by atoms with Gasteiger partial charge in [-0.25, -0.2) is 9.97 Å². The van der Waals surface area contributed by atoms with Gasteiger partial charge in [0.1, 0.15) is 17.5 Å². The molecule has 0 aliphatic carbocycles. The molecule has 0 spiro atoms. The van der Waals surface area contributed by atoms with Crippen LogP contribution in [0.25, 0.3) is 0 Å². The van der Waals surface area contributed by atoms with Gasteiger partial charge < -0.3 is 16.0 Å². The molecule has 0 saturated heterocycles. The van der Waals surface area contributed by atoms with E-state index in [0.29, 0.717) is 28.5 Å². The number of carbonyl (C=O) groups excluding carboxylic acids is 1. The van der Waals surface area contributed by atoms with Gasteiger partial charge in [-0.15, -0.1) is 0 Å². The van der Waals surface area contributed by atoms with E-state index in [1.807, 2.05) is 50.2 Å². The summed E-state index contributed by atoms with van der Waals surface area (Å²) in [5, 5.41) is 18.1. The average Bonchev–Trinajstić information content (AvgIpc) is 2.69. The summed E-state index contributed by atoms with van der Waals surface area (Å²) < 4.78 is 0. The molecular weight excluding hydrogens is 352 g/mol. The molecule has 0 aliphatic rings. The minimum Gasteiger partial charge on any atom is -0.370 e. The lowest BCUT2D eigenvalue weighted by atomic mass is 10.1. The number of hydrogen-bond acceptors (Lipinski definition) is 6. The van der Waals surface area contributed by atoms with Gasteiger partial charge in [0.2, 0.25) is 0 Å². The largest absolute Gasteiger partial charge is 0.370 e. The van der Waals surface area contributed by atoms with Crippen LogP contribution in [-0.4, -0.2) is 22.4 Å². The molecule has 0 radical (unpaired) electrons. The van der Waals surface area contributed by atoms with E-state index in [-0.39, 0.29) is 5.91 Å². The maximum Gasteiger partial charge on any atom is 0.255 e. The maximum atomic E-state index is 12.3. The van der Waals surface area contributed by atoms with Crippen molar-refractivity contribution in [2.75, 3.05) is 22.5 Å². The monoisotopic (exact) mass is 372 g/mol. The molecule has 0 unspecified atom stereocenters. The number of nitrogens with one attached hydrogen (secondary N) is 3. The number of aryl methyl sites for hydroxylation is 1. The van der Waals surface area contributed by atoms with Crippen molar-refractivity contribution >= 4 is 28.9 Å². The SMILES string of the molecule is CCNc1cc(Nc2ccc(NC(=O)c3ccc(C#N)cc3)cc2)nc(C)n1. The molecule has 140 valence electrons. The molecule has 3 N–H and O–H groups in total. The Balaban J connectivity index is 1.66. The minimum absolute atomic E-state index is 0.230. The summed E-state index contributed by atoms with van der Waals surface area (Å²) in [5.41, 5.74) is 2.53. The van der Waals surface area contributed by atoms with Crippen LogP contribution in [0.2, 0.25) is 0 Å². The van der Waals surface area contributed by atoms with Gasteiger partial charge in [0.05, 0.1) is 11.6 Å². The van der Waals surface area contributed by atoms with E-state index in [4.69, 9.17) is 5.26 Å². The van der Waals surface area contributed by atoms with E-state index in [2.05, 4.69) is 25.9 Å². The summed E-state index contributed by atoms with van der Waals surface area (Å²) in [7, 11) is 0. The normalized spacial score (nSPS) is 10.0. The van der Waals surface area contributed by atoms with Crippen molar-refractivity contribution in [2.24, 2.45) is 0 Å². The first-order chi connectivity index (χ1) is 13.6. The number of benzene rings is 2. The fourth-order valence-corrected chi connectivity index (χ4v) is 2.59. The second-order valence-corrected chi connectivity index (χ2v) is 6.06. The Morgan fingerprint density at radius 1 is 1.00 bits per heavy atom. The number of hydrogen-bond donors (Lipinski definition) is 3. The van der Waals surface area contributed by atoms with E-state index < -0.39 is 0 Å². The minimum atomic E-state index is -0.230. The lowest BCUT2D eigenvalue weighted by Crippen LogP contribution is -2.11. The Kier molecular flexibility index (Phi) is 5.82. The highest BCUT2D eigenvalue weighted by atomic mass is 16.1. The molecule has 0 aliphatic heterocycles. The topological polar surface area (TPSA) is 103 Å². The van der Waals surface area contributed by atoms with Crippen molar-refractivity contribution in [3.8, 4) is 6.07 Å². The Labute approximate surface area is 163 Å². The number of nitriles is 1. The first-order valence-electron chi connectivity index (χ1n) is 8.85. The Morgan fingerprint density at radius 2 is 1.64 bits per heavy atom. The molecule has 1 amide bonds. The Morgan fingerprint density at radius 3 is 2.29 bits per heavy atom. The average molecular weight is 372 g/mol. The van der Waals surface area contributed by atoms with Gasteiger partial charge in [-0.05, 0) is 62.4 Å². The van der Waals surface area contributed by atoms with E-state index in [1.54, 1.807) is 24.3 Å². The van der Waals surface area contributed by atoms with Crippen LogP contribution in [0.4, 0.5) is 23.0 Å². The van der Waals surface area contributed by atoms with Gasteiger partial charge in [0.25, 0.3) is 5.91 Å². The first-order valence-corrected chi connectivity index (χ1v) is 8.85. The van der Waals surface area contributed by atoms with Crippen LogP contribution in [0.1, 0.15) is 28.7 Å². The highest BCUT2D eigenvalue weighted by Gasteiger charge is 2.07. The van der Waals surface area contributed by atoms with Crippen molar-refractivity contribution in [1.82, 2.24) is 9.97 Å². The molecule has 7 heteroatoms. The van der Waals surface area contributed by atoms with E-state index >= 15 is 0 Å². The quantitative estimate of drug-likeness (QED) is 0.602. The number of rotatable bonds is 6. The van der Waals surface area contributed by atoms with Crippen LogP contribution in [0.5, 0.6) is 0 Å².